The largest absolute Gasteiger partial charge is 0.870 e. The molecule has 0 aliphatic rings. The summed E-state index contributed by atoms with van der Waals surface area (Å²) in [5.74, 6) is -3.48. The fraction of sp³-hybridized carbons (Fsp3) is 0.200. The number of nitrogens with one attached hydrogen (secondary N) is 1. The van der Waals surface area contributed by atoms with Gasteiger partial charge in [0.1, 0.15) is 0 Å². The minimum absolute atomic E-state index is 0. The lowest BCUT2D eigenvalue weighted by atomic mass is 9.96. The minimum atomic E-state index is -1.20. The highest BCUT2D eigenvalue weighted by Crippen LogP contribution is 2.20. The molecule has 0 heterocycles. The quantitative estimate of drug-likeness (QED) is 0.643. The van der Waals surface area contributed by atoms with Crippen LogP contribution in [0.1, 0.15) is 17.9 Å². The molecule has 0 fully saturated rings. The van der Waals surface area contributed by atoms with E-state index in [9.17, 15) is 14.5 Å². The summed E-state index contributed by atoms with van der Waals surface area (Å²) >= 11 is 0. The number of carboxylic acid groups (broad SMARTS) is 2. The highest BCUT2D eigenvalue weighted by atomic mass is 16.4. The smallest absolute Gasteiger partial charge is 0.311 e. The average Bonchev–Trinajstić information content (AvgIpc) is 2.25. The van der Waals surface area contributed by atoms with Gasteiger partial charge in [-0.25, -0.2) is 0 Å². The third-order valence-corrected chi connectivity index (χ3v) is 2.11. The zero-order valence-electron chi connectivity index (χ0n) is 8.66. The van der Waals surface area contributed by atoms with Gasteiger partial charge in [-0.15, -0.1) is 0 Å². The highest BCUT2D eigenvalue weighted by Gasteiger charge is 2.23. The lowest BCUT2D eigenvalue weighted by Crippen LogP contribution is -2.55. The third-order valence-electron chi connectivity index (χ3n) is 2.11. The molecule has 92 valence electrons. The molecular formula is C10H11NO6. The van der Waals surface area contributed by atoms with Crippen LogP contribution in [0.25, 0.3) is 0 Å². The van der Waals surface area contributed by atoms with Gasteiger partial charge in [-0.1, -0.05) is 12.1 Å². The van der Waals surface area contributed by atoms with Gasteiger partial charge in [0.2, 0.25) is 0 Å². The molecule has 4 N–H and O–H groups in total. The molecule has 1 unspecified atom stereocenters. The fourth-order valence-corrected chi connectivity index (χ4v) is 1.31. The molecule has 0 bridgehead atoms. The van der Waals surface area contributed by atoms with Gasteiger partial charge in [0.15, 0.2) is 0 Å². The first kappa shape index (κ1) is 14.7. The number of hydrogen-bond acceptors (Lipinski definition) is 4. The van der Waals surface area contributed by atoms with Crippen molar-refractivity contribution in [3.8, 4) is 0 Å². The van der Waals surface area contributed by atoms with Crippen molar-refractivity contribution in [2.24, 2.45) is 0 Å². The summed E-state index contributed by atoms with van der Waals surface area (Å²) in [5, 5.41) is 19.1. The van der Waals surface area contributed by atoms with Crippen LogP contribution in [0.3, 0.4) is 0 Å². The van der Waals surface area contributed by atoms with Crippen molar-refractivity contribution in [3.63, 3.8) is 0 Å². The first-order valence-electron chi connectivity index (χ1n) is 4.47. The Hall–Kier alpha value is -2.28. The summed E-state index contributed by atoms with van der Waals surface area (Å²) in [6.45, 7) is 0. The van der Waals surface area contributed by atoms with Crippen molar-refractivity contribution in [1.29, 1.82) is 0 Å². The van der Waals surface area contributed by atoms with E-state index >= 15 is 0 Å². The van der Waals surface area contributed by atoms with Crippen molar-refractivity contribution in [1.82, 2.24) is 0 Å². The Bertz CT molecular complexity index is 413. The van der Waals surface area contributed by atoms with E-state index in [0.717, 1.165) is 0 Å². The first-order valence-corrected chi connectivity index (χ1v) is 4.47. The Labute approximate surface area is 96.0 Å². The van der Waals surface area contributed by atoms with Gasteiger partial charge in [0.05, 0.1) is 12.3 Å². The van der Waals surface area contributed by atoms with Crippen LogP contribution < -0.4 is 5.18 Å². The summed E-state index contributed by atoms with van der Waals surface area (Å²) in [7, 11) is 0. The molecule has 7 heteroatoms. The second kappa shape index (κ2) is 6.33. The number of nitroso groups, excluding NO2 is 1. The summed E-state index contributed by atoms with van der Waals surface area (Å²) in [5.41, 5.74) is 0.650. The van der Waals surface area contributed by atoms with Crippen LogP contribution >= 0.6 is 0 Å². The zero-order valence-corrected chi connectivity index (χ0v) is 8.66. The zero-order chi connectivity index (χ0) is 12.1. The van der Waals surface area contributed by atoms with E-state index in [1.54, 1.807) is 5.18 Å². The molecule has 0 aliphatic carbocycles. The van der Waals surface area contributed by atoms with E-state index in [1.807, 2.05) is 0 Å². The molecule has 0 saturated heterocycles. The summed E-state index contributed by atoms with van der Waals surface area (Å²) in [6.07, 6.45) is -0.487. The molecule has 1 aromatic carbocycles. The van der Waals surface area contributed by atoms with Gasteiger partial charge in [0.25, 0.3) is 5.69 Å². The molecule has 1 atom stereocenters. The molecule has 0 aromatic heterocycles. The molecular weight excluding hydrogens is 230 g/mol. The number of benzene rings is 1. The fourth-order valence-electron chi connectivity index (χ4n) is 1.31. The van der Waals surface area contributed by atoms with Crippen molar-refractivity contribution in [3.05, 3.63) is 34.7 Å². The average molecular weight is 241 g/mol. The number of aliphatic carboxylic acids is 2. The van der Waals surface area contributed by atoms with Crippen LogP contribution in [0, 0.1) is 4.91 Å². The molecule has 0 saturated carbocycles. The lowest BCUT2D eigenvalue weighted by Gasteiger charge is -2.09. The standard InChI is InChI=1S/C10H9NO5.H2O/c12-9(13)5-8(10(14)15)6-1-3-7(11-16)4-2-6;/h1-4,8H,5H2,(H,12,13)(H,14,15);1H2. The van der Waals surface area contributed by atoms with Gasteiger partial charge >= 0.3 is 11.9 Å². The molecule has 7 nitrogen and oxygen atoms in total. The summed E-state index contributed by atoms with van der Waals surface area (Å²) in [6, 6.07) is 5.64. The maximum atomic E-state index is 10.8. The number of carboxylic acids is 2. The molecule has 1 rings (SSSR count). The minimum Gasteiger partial charge on any atom is -0.870 e. The maximum Gasteiger partial charge on any atom is 0.311 e. The Balaban J connectivity index is 0.00000256. The molecule has 0 amide bonds. The van der Waals surface area contributed by atoms with E-state index in [2.05, 4.69) is 0 Å². The van der Waals surface area contributed by atoms with Gasteiger partial charge < -0.3 is 15.7 Å². The van der Waals surface area contributed by atoms with Crippen LogP contribution in [0.4, 0.5) is 5.69 Å². The van der Waals surface area contributed by atoms with E-state index in [1.165, 1.54) is 24.3 Å². The number of hydrogen-bond donors (Lipinski definition) is 3. The number of carbonyl (C=O) groups is 2. The van der Waals surface area contributed by atoms with E-state index < -0.39 is 24.3 Å². The van der Waals surface area contributed by atoms with Crippen LogP contribution in [0.2, 0.25) is 0 Å². The first-order chi connectivity index (χ1) is 7.54. The van der Waals surface area contributed by atoms with E-state index in [0.29, 0.717) is 11.3 Å². The molecule has 17 heavy (non-hydrogen) atoms. The summed E-state index contributed by atoms with van der Waals surface area (Å²) in [4.78, 5) is 31.6. The predicted molar refractivity (Wildman–Crippen MR) is 55.0 cm³/mol. The van der Waals surface area contributed by atoms with Gasteiger partial charge in [-0.3, -0.25) is 9.59 Å². The van der Waals surface area contributed by atoms with Crippen molar-refractivity contribution in [2.75, 3.05) is 0 Å². The summed E-state index contributed by atoms with van der Waals surface area (Å²) < 4.78 is 0. The van der Waals surface area contributed by atoms with Crippen molar-refractivity contribution >= 4 is 17.6 Å². The van der Waals surface area contributed by atoms with E-state index in [4.69, 9.17) is 10.2 Å². The topological polar surface area (TPSA) is 136 Å². The molecule has 0 radical (unpaired) electrons. The normalized spacial score (nSPS) is 11.1. The Morgan fingerprint density at radius 2 is 1.71 bits per heavy atom. The third kappa shape index (κ3) is 3.99. The lowest BCUT2D eigenvalue weighted by molar-refractivity contribution is -0.379. The van der Waals surface area contributed by atoms with Gasteiger partial charge in [0, 0.05) is 22.2 Å². The molecule has 1 aromatic rings. The number of rotatable bonds is 5. The van der Waals surface area contributed by atoms with Crippen molar-refractivity contribution in [2.45, 2.75) is 12.3 Å². The molecule has 0 aliphatic heterocycles. The molecule has 0 spiro atoms. The highest BCUT2D eigenvalue weighted by molar-refractivity contribution is 5.82. The van der Waals surface area contributed by atoms with Gasteiger partial charge in [-0.05, 0) is 5.56 Å². The van der Waals surface area contributed by atoms with Gasteiger partial charge in [-0.2, -0.15) is 0 Å². The van der Waals surface area contributed by atoms with Crippen LogP contribution in [-0.4, -0.2) is 27.6 Å². The second-order valence-corrected chi connectivity index (χ2v) is 3.21. The van der Waals surface area contributed by atoms with Crippen LogP contribution in [0.5, 0.6) is 0 Å². The Kier molecular flexibility index (Phi) is 5.48. The Morgan fingerprint density at radius 3 is 2.06 bits per heavy atom. The van der Waals surface area contributed by atoms with Crippen molar-refractivity contribution < 1.29 is 30.5 Å². The van der Waals surface area contributed by atoms with Crippen LogP contribution in [0.15, 0.2) is 24.3 Å². The van der Waals surface area contributed by atoms with E-state index in [-0.39, 0.29) is 5.48 Å². The second-order valence-electron chi connectivity index (χ2n) is 3.21. The van der Waals surface area contributed by atoms with Crippen LogP contribution in [-0.2, 0) is 9.59 Å². The maximum absolute atomic E-state index is 10.8. The SMILES string of the molecule is O=[NH+]c1ccc(C(CC(=O)O)C(=O)O)cc1.[OH-]. The predicted octanol–water partition coefficient (Wildman–Crippen LogP) is -0.369. The monoisotopic (exact) mass is 241 g/mol. The Morgan fingerprint density at radius 1 is 1.18 bits per heavy atom.